The molecule has 33 heavy (non-hydrogen) atoms. The van der Waals surface area contributed by atoms with Crippen LogP contribution in [0.15, 0.2) is 47.4 Å². The summed E-state index contributed by atoms with van der Waals surface area (Å²) in [6.07, 6.45) is -0.821. The van der Waals surface area contributed by atoms with Gasteiger partial charge in [-0.3, -0.25) is 14.6 Å². The van der Waals surface area contributed by atoms with Crippen LogP contribution in [0.4, 0.5) is 8.78 Å². The number of ketones is 1. The van der Waals surface area contributed by atoms with Crippen LogP contribution in [0.2, 0.25) is 0 Å². The first-order valence-corrected chi connectivity index (χ1v) is 10.4. The van der Waals surface area contributed by atoms with E-state index in [1.807, 2.05) is 13.0 Å². The maximum absolute atomic E-state index is 13.4. The maximum atomic E-state index is 13.4. The molecule has 0 radical (unpaired) electrons. The fraction of sp³-hybridized carbons (Fsp3) is 0.292. The van der Waals surface area contributed by atoms with Crippen LogP contribution in [0.5, 0.6) is 17.2 Å². The zero-order chi connectivity index (χ0) is 23.4. The van der Waals surface area contributed by atoms with Crippen molar-refractivity contribution in [2.24, 2.45) is 0 Å². The summed E-state index contributed by atoms with van der Waals surface area (Å²) in [7, 11) is 1.41. The molecule has 3 heterocycles. The third-order valence-corrected chi connectivity index (χ3v) is 6.10. The molecule has 0 unspecified atom stereocenters. The molecular weight excluding hydrogens is 434 g/mol. The summed E-state index contributed by atoms with van der Waals surface area (Å²) in [4.78, 5) is 32.3. The number of nitrogens with zero attached hydrogens (tertiary/aromatic N) is 1. The van der Waals surface area contributed by atoms with Gasteiger partial charge in [-0.25, -0.2) is 0 Å². The lowest BCUT2D eigenvalue weighted by molar-refractivity contribution is -0.286. The molecule has 172 valence electrons. The highest BCUT2D eigenvalue weighted by Crippen LogP contribution is 2.52. The average Bonchev–Trinajstić information content (AvgIpc) is 3.52. The lowest BCUT2D eigenvalue weighted by Crippen LogP contribution is -2.26. The minimum Gasteiger partial charge on any atom is -0.491 e. The van der Waals surface area contributed by atoms with Gasteiger partial charge in [-0.1, -0.05) is 12.1 Å². The van der Waals surface area contributed by atoms with Crippen LogP contribution in [0.25, 0.3) is 11.3 Å². The number of benzene rings is 1. The summed E-state index contributed by atoms with van der Waals surface area (Å²) in [6.45, 7) is 1.89. The predicted octanol–water partition coefficient (Wildman–Crippen LogP) is 4.16. The number of aromatic amines is 1. The molecule has 5 rings (SSSR count). The van der Waals surface area contributed by atoms with Gasteiger partial charge in [-0.05, 0) is 55.2 Å². The van der Waals surface area contributed by atoms with Crippen LogP contribution in [0.3, 0.4) is 0 Å². The number of halogens is 2. The Morgan fingerprint density at radius 3 is 2.67 bits per heavy atom. The van der Waals surface area contributed by atoms with E-state index in [2.05, 4.69) is 19.4 Å². The van der Waals surface area contributed by atoms with E-state index in [1.165, 1.54) is 19.2 Å². The number of Topliss-reactive ketones (excluding diaryl/α,β-unsaturated/α-hetero) is 1. The second-order valence-electron chi connectivity index (χ2n) is 8.27. The van der Waals surface area contributed by atoms with Crippen molar-refractivity contribution >= 4 is 5.78 Å². The molecule has 0 bridgehead atoms. The maximum Gasteiger partial charge on any atom is 0.586 e. The minimum absolute atomic E-state index is 0. The summed E-state index contributed by atoms with van der Waals surface area (Å²) in [5.74, 6) is 0.00230. The lowest BCUT2D eigenvalue weighted by atomic mass is 9.88. The first kappa shape index (κ1) is 21.1. The number of carbonyl (C=O) groups excluding carboxylic acids is 1. The molecule has 1 aliphatic heterocycles. The molecule has 1 aromatic carbocycles. The normalized spacial score (nSPS) is 17.0. The molecule has 1 N–H and O–H groups in total. The second kappa shape index (κ2) is 7.40. The van der Waals surface area contributed by atoms with Crippen molar-refractivity contribution < 1.29 is 29.2 Å². The predicted molar refractivity (Wildman–Crippen MR) is 116 cm³/mol. The summed E-state index contributed by atoms with van der Waals surface area (Å²) in [6, 6.07) is 9.76. The molecule has 7 nitrogen and oxygen atoms in total. The number of fused-ring (bicyclic) bond motifs is 1. The molecule has 1 aliphatic carbocycles. The molecule has 3 aromatic rings. The zero-order valence-corrected chi connectivity index (χ0v) is 17.9. The number of methoxy groups -OCH3 is 1. The first-order valence-electron chi connectivity index (χ1n) is 10.4. The van der Waals surface area contributed by atoms with E-state index < -0.39 is 11.7 Å². The number of pyridine rings is 2. The summed E-state index contributed by atoms with van der Waals surface area (Å²) in [5, 5.41) is 0. The molecule has 0 spiro atoms. The van der Waals surface area contributed by atoms with Crippen molar-refractivity contribution in [3.63, 3.8) is 0 Å². The number of hydrogen-bond acceptors (Lipinski definition) is 6. The molecule has 1 saturated carbocycles. The number of H-pyrrole nitrogens is 1. The highest BCUT2D eigenvalue weighted by molar-refractivity contribution is 5.94. The van der Waals surface area contributed by atoms with Crippen LogP contribution < -0.4 is 19.8 Å². The van der Waals surface area contributed by atoms with Crippen molar-refractivity contribution in [3.05, 3.63) is 69.8 Å². The fourth-order valence-electron chi connectivity index (χ4n) is 4.14. The molecule has 0 atom stereocenters. The van der Waals surface area contributed by atoms with Gasteiger partial charge in [0, 0.05) is 25.3 Å². The summed E-state index contributed by atoms with van der Waals surface area (Å²) < 4.78 is 40.8. The Morgan fingerprint density at radius 2 is 1.94 bits per heavy atom. The van der Waals surface area contributed by atoms with Gasteiger partial charge in [0.1, 0.15) is 5.78 Å². The number of nitrogens with one attached hydrogen (secondary N) is 1. The Kier molecular flexibility index (Phi) is 4.73. The molecule has 2 aromatic heterocycles. The standard InChI is InChI=1S/C24H20F2N2O5.H2/c1-13-3-5-16(28-21(13)14-9-19(31-2)22(30)27-12-14)11-20(29)23(7-8-23)15-4-6-17-18(10-15)33-24(25,26)32-17;/h3-6,9-10,12H,7-8,11H2,1-2H3,(H,27,30);1H. The Balaban J connectivity index is 0.00000274. The van der Waals surface area contributed by atoms with Crippen molar-refractivity contribution in [2.45, 2.75) is 37.9 Å². The highest BCUT2D eigenvalue weighted by atomic mass is 19.3. The molecule has 9 heteroatoms. The number of aryl methyl sites for hydroxylation is 1. The Labute approximate surface area is 188 Å². The van der Waals surface area contributed by atoms with Crippen molar-refractivity contribution in [2.75, 3.05) is 7.11 Å². The van der Waals surface area contributed by atoms with Crippen molar-refractivity contribution in [1.82, 2.24) is 9.97 Å². The topological polar surface area (TPSA) is 90.5 Å². The minimum atomic E-state index is -3.70. The fourth-order valence-corrected chi connectivity index (χ4v) is 4.14. The van der Waals surface area contributed by atoms with E-state index in [1.54, 1.807) is 24.4 Å². The largest absolute Gasteiger partial charge is 0.586 e. The number of hydrogen-bond donors (Lipinski definition) is 1. The van der Waals surface area contributed by atoms with Crippen LogP contribution in [0.1, 0.15) is 31.1 Å². The molecule has 2 aliphatic rings. The van der Waals surface area contributed by atoms with Gasteiger partial charge in [0.2, 0.25) is 0 Å². The first-order chi connectivity index (χ1) is 15.7. The monoisotopic (exact) mass is 456 g/mol. The number of rotatable bonds is 6. The Morgan fingerprint density at radius 1 is 1.18 bits per heavy atom. The van der Waals surface area contributed by atoms with Gasteiger partial charge in [-0.2, -0.15) is 0 Å². The van der Waals surface area contributed by atoms with Crippen LogP contribution >= 0.6 is 0 Å². The van der Waals surface area contributed by atoms with E-state index >= 15 is 0 Å². The average molecular weight is 456 g/mol. The van der Waals surface area contributed by atoms with Crippen LogP contribution in [0, 0.1) is 6.92 Å². The Bertz CT molecular complexity index is 1340. The van der Waals surface area contributed by atoms with Crippen molar-refractivity contribution in [1.29, 1.82) is 0 Å². The molecule has 0 saturated heterocycles. The summed E-state index contributed by atoms with van der Waals surface area (Å²) >= 11 is 0. The quantitative estimate of drug-likeness (QED) is 0.599. The number of carbonyl (C=O) groups is 1. The van der Waals surface area contributed by atoms with Gasteiger partial charge >= 0.3 is 6.29 Å². The van der Waals surface area contributed by atoms with Gasteiger partial charge in [0.25, 0.3) is 5.56 Å². The smallest absolute Gasteiger partial charge is 0.491 e. The lowest BCUT2D eigenvalue weighted by Gasteiger charge is -2.15. The third-order valence-electron chi connectivity index (χ3n) is 6.10. The Hall–Kier alpha value is -3.75. The van der Waals surface area contributed by atoms with E-state index in [0.29, 0.717) is 35.4 Å². The van der Waals surface area contributed by atoms with Gasteiger partial charge in [0.15, 0.2) is 17.2 Å². The van der Waals surface area contributed by atoms with E-state index in [-0.39, 0.29) is 36.4 Å². The van der Waals surface area contributed by atoms with Gasteiger partial charge in [0.05, 0.1) is 18.2 Å². The van der Waals surface area contributed by atoms with Crippen LogP contribution in [-0.2, 0) is 16.6 Å². The van der Waals surface area contributed by atoms with Gasteiger partial charge < -0.3 is 19.2 Å². The molecule has 1 fully saturated rings. The third kappa shape index (κ3) is 3.73. The molecular formula is C24H22F2N2O5. The van der Waals surface area contributed by atoms with E-state index in [4.69, 9.17) is 4.74 Å². The van der Waals surface area contributed by atoms with Crippen molar-refractivity contribution in [3.8, 4) is 28.5 Å². The zero-order valence-electron chi connectivity index (χ0n) is 17.9. The van der Waals surface area contributed by atoms with Crippen LogP contribution in [-0.4, -0.2) is 29.2 Å². The number of aromatic nitrogens is 2. The highest BCUT2D eigenvalue weighted by Gasteiger charge is 2.52. The second-order valence-corrected chi connectivity index (χ2v) is 8.27. The number of alkyl halides is 2. The number of ether oxygens (including phenoxy) is 3. The summed E-state index contributed by atoms with van der Waals surface area (Å²) in [5.41, 5.74) is 2.28. The van der Waals surface area contributed by atoms with E-state index in [0.717, 1.165) is 5.56 Å². The SMILES string of the molecule is COc1cc(-c2nc(CC(=O)C3(c4ccc5c(c4)OC(F)(F)O5)CC3)ccc2C)c[nH]c1=O.[HH]. The molecule has 0 amide bonds. The van der Waals surface area contributed by atoms with E-state index in [9.17, 15) is 18.4 Å². The van der Waals surface area contributed by atoms with Gasteiger partial charge in [-0.15, -0.1) is 8.78 Å².